The molecule has 1 heterocycles. The van der Waals surface area contributed by atoms with Gasteiger partial charge in [-0.15, -0.1) is 0 Å². The Bertz CT molecular complexity index is 407. The fourth-order valence-corrected chi connectivity index (χ4v) is 3.68. The number of piperidine rings is 1. The van der Waals surface area contributed by atoms with E-state index in [1.54, 1.807) is 0 Å². The predicted octanol–water partition coefficient (Wildman–Crippen LogP) is 0.259. The van der Waals surface area contributed by atoms with Gasteiger partial charge in [-0.1, -0.05) is 20.3 Å². The number of carbonyl (C=O) groups is 1. The summed E-state index contributed by atoms with van der Waals surface area (Å²) >= 11 is 0. The van der Waals surface area contributed by atoms with Gasteiger partial charge >= 0.3 is 0 Å². The second kappa shape index (κ2) is 7.95. The van der Waals surface area contributed by atoms with Crippen molar-refractivity contribution in [3.8, 4) is 0 Å². The standard InChI is InChI=1S/C13H27N3O3S/c1-4-15(5-2)11-9-14-13(17)12-8-6-7-10-16(12)20(3,18)19/h12H,4-11H2,1-3H3,(H,14,17). The summed E-state index contributed by atoms with van der Waals surface area (Å²) in [5, 5.41) is 2.87. The number of hydrogen-bond acceptors (Lipinski definition) is 4. The minimum absolute atomic E-state index is 0.165. The van der Waals surface area contributed by atoms with E-state index in [2.05, 4.69) is 24.1 Å². The fraction of sp³-hybridized carbons (Fsp3) is 0.923. The van der Waals surface area contributed by atoms with E-state index in [1.165, 1.54) is 10.6 Å². The molecule has 0 aromatic heterocycles. The van der Waals surface area contributed by atoms with Crippen molar-refractivity contribution in [1.29, 1.82) is 0 Å². The van der Waals surface area contributed by atoms with Gasteiger partial charge in [-0.05, 0) is 25.9 Å². The lowest BCUT2D eigenvalue weighted by atomic mass is 10.0. The monoisotopic (exact) mass is 305 g/mol. The van der Waals surface area contributed by atoms with E-state index in [9.17, 15) is 13.2 Å². The minimum Gasteiger partial charge on any atom is -0.353 e. The zero-order chi connectivity index (χ0) is 15.2. The lowest BCUT2D eigenvalue weighted by Crippen LogP contribution is -2.52. The van der Waals surface area contributed by atoms with Crippen molar-refractivity contribution in [3.63, 3.8) is 0 Å². The Morgan fingerprint density at radius 3 is 2.50 bits per heavy atom. The number of rotatable bonds is 7. The zero-order valence-corrected chi connectivity index (χ0v) is 13.6. The average molecular weight is 305 g/mol. The molecule has 1 fully saturated rings. The molecule has 1 rings (SSSR count). The van der Waals surface area contributed by atoms with Crippen LogP contribution in [0.2, 0.25) is 0 Å². The van der Waals surface area contributed by atoms with Crippen LogP contribution in [0.15, 0.2) is 0 Å². The van der Waals surface area contributed by atoms with Crippen LogP contribution in [0.3, 0.4) is 0 Å². The number of likely N-dealkylation sites (N-methyl/N-ethyl adjacent to an activating group) is 1. The molecule has 0 radical (unpaired) electrons. The molecule has 1 amide bonds. The normalized spacial score (nSPS) is 21.1. The van der Waals surface area contributed by atoms with E-state index in [1.807, 2.05) is 0 Å². The molecule has 1 unspecified atom stereocenters. The highest BCUT2D eigenvalue weighted by Crippen LogP contribution is 2.19. The molecule has 0 saturated carbocycles. The average Bonchev–Trinajstić information content (AvgIpc) is 2.42. The third-order valence-corrected chi connectivity index (χ3v) is 5.09. The summed E-state index contributed by atoms with van der Waals surface area (Å²) in [7, 11) is -3.31. The summed E-state index contributed by atoms with van der Waals surface area (Å²) in [6.07, 6.45) is 3.52. The quantitative estimate of drug-likeness (QED) is 0.732. The molecule has 1 atom stereocenters. The Labute approximate surface area is 122 Å². The summed E-state index contributed by atoms with van der Waals surface area (Å²) in [5.74, 6) is -0.165. The first-order valence-electron chi connectivity index (χ1n) is 7.37. The van der Waals surface area contributed by atoms with Crippen LogP contribution >= 0.6 is 0 Å². The number of carbonyl (C=O) groups excluding carboxylic acids is 1. The second-order valence-corrected chi connectivity index (χ2v) is 7.14. The van der Waals surface area contributed by atoms with Gasteiger partial charge in [-0.3, -0.25) is 4.79 Å². The van der Waals surface area contributed by atoms with E-state index < -0.39 is 16.1 Å². The summed E-state index contributed by atoms with van der Waals surface area (Å²) < 4.78 is 24.8. The van der Waals surface area contributed by atoms with Gasteiger partial charge < -0.3 is 10.2 Å². The molecule has 20 heavy (non-hydrogen) atoms. The van der Waals surface area contributed by atoms with E-state index in [0.717, 1.165) is 32.5 Å². The first-order chi connectivity index (χ1) is 9.40. The lowest BCUT2D eigenvalue weighted by Gasteiger charge is -2.32. The van der Waals surface area contributed by atoms with Crippen LogP contribution in [0.1, 0.15) is 33.1 Å². The Kier molecular flexibility index (Phi) is 6.91. The summed E-state index contributed by atoms with van der Waals surface area (Å²) in [4.78, 5) is 14.4. The van der Waals surface area contributed by atoms with Crippen molar-refractivity contribution in [2.24, 2.45) is 0 Å². The first kappa shape index (κ1) is 17.4. The van der Waals surface area contributed by atoms with Crippen molar-refractivity contribution in [1.82, 2.24) is 14.5 Å². The van der Waals surface area contributed by atoms with Gasteiger partial charge in [0.1, 0.15) is 6.04 Å². The Morgan fingerprint density at radius 1 is 1.30 bits per heavy atom. The number of hydrogen-bond donors (Lipinski definition) is 1. The predicted molar refractivity (Wildman–Crippen MR) is 80.0 cm³/mol. The third-order valence-electron chi connectivity index (χ3n) is 3.80. The summed E-state index contributed by atoms with van der Waals surface area (Å²) in [5.41, 5.74) is 0. The van der Waals surface area contributed by atoms with Crippen molar-refractivity contribution < 1.29 is 13.2 Å². The van der Waals surface area contributed by atoms with Crippen molar-refractivity contribution in [3.05, 3.63) is 0 Å². The van der Waals surface area contributed by atoms with Gasteiger partial charge in [0.15, 0.2) is 0 Å². The molecule has 6 nitrogen and oxygen atoms in total. The minimum atomic E-state index is -3.31. The molecule has 0 aromatic rings. The molecule has 1 saturated heterocycles. The van der Waals surface area contributed by atoms with Crippen LogP contribution in [-0.2, 0) is 14.8 Å². The molecule has 0 bridgehead atoms. The second-order valence-electron chi connectivity index (χ2n) is 5.20. The summed E-state index contributed by atoms with van der Waals surface area (Å²) in [6, 6.07) is -0.532. The van der Waals surface area contributed by atoms with Gasteiger partial charge in [-0.25, -0.2) is 8.42 Å². The molecule has 7 heteroatoms. The molecule has 0 aromatic carbocycles. The zero-order valence-electron chi connectivity index (χ0n) is 12.8. The van der Waals surface area contributed by atoms with E-state index in [4.69, 9.17) is 0 Å². The van der Waals surface area contributed by atoms with Crippen LogP contribution in [0.4, 0.5) is 0 Å². The molecule has 118 valence electrons. The van der Waals surface area contributed by atoms with Crippen LogP contribution < -0.4 is 5.32 Å². The number of amides is 1. The largest absolute Gasteiger partial charge is 0.353 e. The maximum absolute atomic E-state index is 12.2. The molecule has 1 aliphatic heterocycles. The molecule has 0 spiro atoms. The summed E-state index contributed by atoms with van der Waals surface area (Å²) in [6.45, 7) is 7.87. The fourth-order valence-electron chi connectivity index (χ4n) is 2.56. The van der Waals surface area contributed by atoms with E-state index in [0.29, 0.717) is 19.5 Å². The number of nitrogens with one attached hydrogen (secondary N) is 1. The maximum Gasteiger partial charge on any atom is 0.238 e. The third kappa shape index (κ3) is 5.03. The highest BCUT2D eigenvalue weighted by Gasteiger charge is 2.34. The smallest absolute Gasteiger partial charge is 0.238 e. The van der Waals surface area contributed by atoms with Crippen LogP contribution in [-0.4, -0.2) is 68.6 Å². The topological polar surface area (TPSA) is 69.7 Å². The van der Waals surface area contributed by atoms with Crippen molar-refractivity contribution in [2.45, 2.75) is 39.2 Å². The Balaban J connectivity index is 2.52. The SMILES string of the molecule is CCN(CC)CCNC(=O)C1CCCCN1S(C)(=O)=O. The van der Waals surface area contributed by atoms with Crippen molar-refractivity contribution >= 4 is 15.9 Å². The van der Waals surface area contributed by atoms with Gasteiger partial charge in [-0.2, -0.15) is 4.31 Å². The number of nitrogens with zero attached hydrogens (tertiary/aromatic N) is 2. The van der Waals surface area contributed by atoms with Gasteiger partial charge in [0.25, 0.3) is 0 Å². The highest BCUT2D eigenvalue weighted by molar-refractivity contribution is 7.88. The molecule has 0 aliphatic carbocycles. The highest BCUT2D eigenvalue weighted by atomic mass is 32.2. The van der Waals surface area contributed by atoms with E-state index in [-0.39, 0.29) is 5.91 Å². The van der Waals surface area contributed by atoms with Crippen LogP contribution in [0.5, 0.6) is 0 Å². The lowest BCUT2D eigenvalue weighted by molar-refractivity contribution is -0.125. The van der Waals surface area contributed by atoms with Gasteiger partial charge in [0.2, 0.25) is 15.9 Å². The molecular formula is C13H27N3O3S. The van der Waals surface area contributed by atoms with Gasteiger partial charge in [0.05, 0.1) is 6.26 Å². The van der Waals surface area contributed by atoms with E-state index >= 15 is 0 Å². The van der Waals surface area contributed by atoms with Gasteiger partial charge in [0, 0.05) is 19.6 Å². The molecule has 1 aliphatic rings. The molecule has 1 N–H and O–H groups in total. The Morgan fingerprint density at radius 2 is 1.95 bits per heavy atom. The van der Waals surface area contributed by atoms with Crippen molar-refractivity contribution in [2.75, 3.05) is 39.0 Å². The maximum atomic E-state index is 12.2. The van der Waals surface area contributed by atoms with Crippen LogP contribution in [0, 0.1) is 0 Å². The Hall–Kier alpha value is -0.660. The molecular weight excluding hydrogens is 278 g/mol. The first-order valence-corrected chi connectivity index (χ1v) is 9.21. The number of sulfonamides is 1. The van der Waals surface area contributed by atoms with Crippen LogP contribution in [0.25, 0.3) is 0 Å².